The normalized spacial score (nSPS) is 12.1. The lowest BCUT2D eigenvalue weighted by molar-refractivity contribution is 0.598. The van der Waals surface area contributed by atoms with Crippen molar-refractivity contribution in [2.45, 2.75) is 8.69 Å². The smallest absolute Gasteiger partial charge is 0.208 e. The van der Waals surface area contributed by atoms with E-state index in [1.807, 2.05) is 0 Å². The average Bonchev–Trinajstić information content (AvgIpc) is 2.48. The zero-order chi connectivity index (χ0) is 16.2. The predicted molar refractivity (Wildman–Crippen MR) is 95.3 cm³/mol. The molecule has 3 nitrogen and oxygen atoms in total. The highest BCUT2D eigenvalue weighted by Gasteiger charge is 2.29. The maximum Gasteiger partial charge on any atom is 0.273 e. The molecule has 0 fully saturated rings. The van der Waals surface area contributed by atoms with E-state index in [1.165, 1.54) is 15.8 Å². The lowest BCUT2D eigenvalue weighted by atomic mass is 10.3. The number of sulfonamides is 1. The second-order valence-corrected chi connectivity index (χ2v) is 9.72. The third-order valence-corrected chi connectivity index (χ3v) is 6.88. The van der Waals surface area contributed by atoms with Crippen molar-refractivity contribution in [3.05, 3.63) is 60.7 Å². The summed E-state index contributed by atoms with van der Waals surface area (Å²) in [5, 5.41) is 0. The van der Waals surface area contributed by atoms with E-state index in [0.717, 1.165) is 11.9 Å². The second kappa shape index (κ2) is 7.32. The Bertz CT molecular complexity index is 704. The zero-order valence-corrected chi connectivity index (χ0v) is 15.1. The fourth-order valence-corrected chi connectivity index (χ4v) is 4.69. The summed E-state index contributed by atoms with van der Waals surface area (Å²) in [6.45, 7) is 0. The van der Waals surface area contributed by atoms with Gasteiger partial charge in [0.2, 0.25) is 3.79 Å². The molecule has 0 aliphatic carbocycles. The molecule has 0 heterocycles. The van der Waals surface area contributed by atoms with Gasteiger partial charge in [0, 0.05) is 0 Å². The van der Waals surface area contributed by atoms with Crippen LogP contribution in [0.1, 0.15) is 0 Å². The first-order valence-corrected chi connectivity index (χ1v) is 9.67. The summed E-state index contributed by atoms with van der Waals surface area (Å²) in [6, 6.07) is 16.8. The molecule has 8 heteroatoms. The number of alkyl halides is 3. The molecule has 0 saturated carbocycles. The van der Waals surface area contributed by atoms with Crippen LogP contribution in [0.25, 0.3) is 0 Å². The predicted octanol–water partition coefficient (Wildman–Crippen LogP) is 4.90. The largest absolute Gasteiger partial charge is 0.273 e. The van der Waals surface area contributed by atoms with Crippen molar-refractivity contribution in [3.8, 4) is 0 Å². The maximum atomic E-state index is 12.8. The van der Waals surface area contributed by atoms with Crippen molar-refractivity contribution >= 4 is 62.5 Å². The van der Waals surface area contributed by atoms with Gasteiger partial charge in [0.05, 0.1) is 16.3 Å². The van der Waals surface area contributed by atoms with Crippen molar-refractivity contribution in [2.75, 3.05) is 9.46 Å². The molecule has 0 saturated heterocycles. The number of nitrogens with zero attached hydrogens (tertiary/aromatic N) is 1. The van der Waals surface area contributed by atoms with E-state index in [-0.39, 0.29) is 10.6 Å². The van der Waals surface area contributed by atoms with Gasteiger partial charge < -0.3 is 0 Å². The molecular formula is C14H12Cl3NO2S2. The Kier molecular flexibility index (Phi) is 5.91. The molecule has 0 aliphatic heterocycles. The molecule has 2 rings (SSSR count). The van der Waals surface area contributed by atoms with Gasteiger partial charge in [-0.05, 0) is 36.2 Å². The minimum absolute atomic E-state index is 0.00136. The molecule has 0 amide bonds. The number of hydrogen-bond acceptors (Lipinski definition) is 3. The van der Waals surface area contributed by atoms with Gasteiger partial charge in [0.25, 0.3) is 10.0 Å². The Labute approximate surface area is 149 Å². The van der Waals surface area contributed by atoms with Crippen molar-refractivity contribution in [2.24, 2.45) is 0 Å². The molecule has 0 radical (unpaired) electrons. The van der Waals surface area contributed by atoms with E-state index in [2.05, 4.69) is 0 Å². The van der Waals surface area contributed by atoms with Crippen molar-refractivity contribution in [1.82, 2.24) is 0 Å². The highest BCUT2D eigenvalue weighted by Crippen LogP contribution is 2.36. The fraction of sp³-hybridized carbons (Fsp3) is 0.143. The Morgan fingerprint density at radius 3 is 1.91 bits per heavy atom. The summed E-state index contributed by atoms with van der Waals surface area (Å²) < 4.78 is 25.3. The molecule has 0 bridgehead atoms. The highest BCUT2D eigenvalue weighted by atomic mass is 35.6. The third kappa shape index (κ3) is 4.70. The van der Waals surface area contributed by atoms with E-state index in [9.17, 15) is 8.42 Å². The molecule has 2 aromatic carbocycles. The van der Waals surface area contributed by atoms with Crippen LogP contribution in [0.2, 0.25) is 0 Å². The first-order valence-electron chi connectivity index (χ1n) is 6.16. The van der Waals surface area contributed by atoms with E-state index >= 15 is 0 Å². The highest BCUT2D eigenvalue weighted by molar-refractivity contribution is 8.14. The molecule has 0 aromatic heterocycles. The standard InChI is InChI=1S/C14H12Cl3NO2S2/c15-14(16,17)11-21-18(12-7-3-1-4-8-12)22(19,20)13-9-5-2-6-10-13/h1-10H,11H2. The monoisotopic (exact) mass is 395 g/mol. The lowest BCUT2D eigenvalue weighted by Gasteiger charge is -2.24. The van der Waals surface area contributed by atoms with Crippen LogP contribution in [0.3, 0.4) is 0 Å². The van der Waals surface area contributed by atoms with Gasteiger partial charge in [-0.2, -0.15) is 0 Å². The number of halogens is 3. The number of anilines is 1. The summed E-state index contributed by atoms with van der Waals surface area (Å²) in [4.78, 5) is 0.177. The van der Waals surface area contributed by atoms with Crippen LogP contribution in [0.5, 0.6) is 0 Å². The van der Waals surface area contributed by atoms with Gasteiger partial charge >= 0.3 is 0 Å². The summed E-state index contributed by atoms with van der Waals surface area (Å²) in [7, 11) is -3.76. The molecule has 22 heavy (non-hydrogen) atoms. The van der Waals surface area contributed by atoms with Crippen molar-refractivity contribution in [1.29, 1.82) is 0 Å². The van der Waals surface area contributed by atoms with Crippen molar-refractivity contribution in [3.63, 3.8) is 0 Å². The topological polar surface area (TPSA) is 37.4 Å². The number of benzene rings is 2. The average molecular weight is 397 g/mol. The van der Waals surface area contributed by atoms with Crippen LogP contribution in [-0.4, -0.2) is 18.0 Å². The van der Waals surface area contributed by atoms with Crippen LogP contribution in [-0.2, 0) is 10.0 Å². The second-order valence-electron chi connectivity index (χ2n) is 4.27. The number of rotatable bonds is 5. The molecule has 0 N–H and O–H groups in total. The van der Waals surface area contributed by atoms with Gasteiger partial charge in [0.1, 0.15) is 0 Å². The van der Waals surface area contributed by atoms with E-state index in [0.29, 0.717) is 5.69 Å². The van der Waals surface area contributed by atoms with Crippen LogP contribution >= 0.6 is 46.8 Å². The molecule has 2 aromatic rings. The molecule has 118 valence electrons. The molecule has 0 unspecified atom stereocenters. The first kappa shape index (κ1) is 17.8. The Hall–Kier alpha value is -0.590. The SMILES string of the molecule is O=S(=O)(c1ccccc1)N(SCC(Cl)(Cl)Cl)c1ccccc1. The van der Waals surface area contributed by atoms with Crippen LogP contribution in [0, 0.1) is 0 Å². The molecule has 0 atom stereocenters. The summed E-state index contributed by atoms with van der Waals surface area (Å²) >= 11 is 18.2. The minimum atomic E-state index is -3.76. The molecular weight excluding hydrogens is 385 g/mol. The van der Waals surface area contributed by atoms with Crippen LogP contribution in [0.4, 0.5) is 5.69 Å². The van der Waals surface area contributed by atoms with Gasteiger partial charge in [-0.1, -0.05) is 71.2 Å². The third-order valence-electron chi connectivity index (χ3n) is 2.57. The van der Waals surface area contributed by atoms with Gasteiger partial charge in [-0.15, -0.1) is 0 Å². The lowest BCUT2D eigenvalue weighted by Crippen LogP contribution is -2.26. The Morgan fingerprint density at radius 2 is 1.41 bits per heavy atom. The van der Waals surface area contributed by atoms with E-state index < -0.39 is 13.8 Å². The van der Waals surface area contributed by atoms with E-state index in [4.69, 9.17) is 34.8 Å². The number of hydrogen-bond donors (Lipinski definition) is 0. The van der Waals surface area contributed by atoms with E-state index in [1.54, 1.807) is 48.5 Å². The quantitative estimate of drug-likeness (QED) is 0.533. The maximum absolute atomic E-state index is 12.8. The minimum Gasteiger partial charge on any atom is -0.208 e. The molecule has 0 aliphatic rings. The molecule has 0 spiro atoms. The Morgan fingerprint density at radius 1 is 0.909 bits per heavy atom. The van der Waals surface area contributed by atoms with Crippen LogP contribution in [0.15, 0.2) is 65.6 Å². The zero-order valence-electron chi connectivity index (χ0n) is 11.2. The van der Waals surface area contributed by atoms with Gasteiger partial charge in [-0.3, -0.25) is 0 Å². The summed E-state index contributed by atoms with van der Waals surface area (Å²) in [5.41, 5.74) is 0.491. The van der Waals surface area contributed by atoms with Crippen molar-refractivity contribution < 1.29 is 8.42 Å². The van der Waals surface area contributed by atoms with Gasteiger partial charge in [0.15, 0.2) is 0 Å². The Balaban J connectivity index is 2.40. The summed E-state index contributed by atoms with van der Waals surface area (Å²) in [5.74, 6) is -0.00136. The number of para-hydroxylation sites is 1. The van der Waals surface area contributed by atoms with Crippen LogP contribution < -0.4 is 3.71 Å². The first-order chi connectivity index (χ1) is 10.3. The van der Waals surface area contributed by atoms with Gasteiger partial charge in [-0.25, -0.2) is 12.1 Å². The summed E-state index contributed by atoms with van der Waals surface area (Å²) in [6.07, 6.45) is 0. The fourth-order valence-electron chi connectivity index (χ4n) is 1.65.